The number of piperidine rings is 2. The Labute approximate surface area is 209 Å². The van der Waals surface area contributed by atoms with Gasteiger partial charge in [0.15, 0.2) is 5.82 Å². The van der Waals surface area contributed by atoms with Gasteiger partial charge in [0.2, 0.25) is 17.7 Å². The first kappa shape index (κ1) is 24.7. The minimum absolute atomic E-state index is 0.0327. The number of aromatic nitrogens is 2. The standard InChI is InChI=1S/C26H42N6O3/c1-19(2)25(34)31-14-8-26(9-15-31)16-22(24-27-20(3)28-35-24)32(18-26)17-23(33)30-12-6-21(7-13-30)29-10-4-5-11-29/h19,21-22H,4-18H2,1-3H3. The van der Waals surface area contributed by atoms with Crippen LogP contribution in [0.25, 0.3) is 0 Å². The molecule has 194 valence electrons. The van der Waals surface area contributed by atoms with E-state index < -0.39 is 0 Å². The predicted octanol–water partition coefficient (Wildman–Crippen LogP) is 2.48. The third-order valence-electron chi connectivity index (χ3n) is 8.88. The minimum Gasteiger partial charge on any atom is -0.342 e. The van der Waals surface area contributed by atoms with Crippen molar-refractivity contribution in [1.82, 2.24) is 29.7 Å². The molecular formula is C26H42N6O3. The van der Waals surface area contributed by atoms with Gasteiger partial charge in [-0.05, 0) is 70.4 Å². The highest BCUT2D eigenvalue weighted by molar-refractivity contribution is 5.79. The number of rotatable bonds is 5. The van der Waals surface area contributed by atoms with Crippen LogP contribution in [0.2, 0.25) is 0 Å². The summed E-state index contributed by atoms with van der Waals surface area (Å²) in [5, 5.41) is 4.03. The number of nitrogens with zero attached hydrogens (tertiary/aromatic N) is 6. The Morgan fingerprint density at radius 2 is 1.71 bits per heavy atom. The number of aryl methyl sites for hydroxylation is 1. The SMILES string of the molecule is Cc1noc(C2CC3(CCN(C(=O)C(C)C)CC3)CN2CC(=O)N2CCC(N3CCCC3)CC2)n1. The average Bonchev–Trinajstić information content (AvgIpc) is 3.60. The fourth-order valence-electron chi connectivity index (χ4n) is 6.79. The number of hydrogen-bond donors (Lipinski definition) is 0. The lowest BCUT2D eigenvalue weighted by molar-refractivity contribution is -0.136. The third kappa shape index (κ3) is 5.26. The maximum absolute atomic E-state index is 13.4. The van der Waals surface area contributed by atoms with Gasteiger partial charge in [0.1, 0.15) is 0 Å². The van der Waals surface area contributed by atoms with Gasteiger partial charge in [-0.15, -0.1) is 0 Å². The third-order valence-corrected chi connectivity index (χ3v) is 8.88. The molecule has 4 fully saturated rings. The Hall–Kier alpha value is -2.00. The maximum Gasteiger partial charge on any atom is 0.244 e. The Kier molecular flexibility index (Phi) is 7.17. The van der Waals surface area contributed by atoms with Crippen molar-refractivity contribution in [2.45, 2.75) is 77.8 Å². The van der Waals surface area contributed by atoms with Crippen molar-refractivity contribution in [3.05, 3.63) is 11.7 Å². The van der Waals surface area contributed by atoms with Crippen LogP contribution in [0.4, 0.5) is 0 Å². The molecule has 1 aromatic rings. The van der Waals surface area contributed by atoms with E-state index >= 15 is 0 Å². The van der Waals surface area contributed by atoms with Gasteiger partial charge >= 0.3 is 0 Å². The Morgan fingerprint density at radius 3 is 2.31 bits per heavy atom. The molecule has 2 amide bonds. The largest absolute Gasteiger partial charge is 0.342 e. The molecule has 5 heterocycles. The highest BCUT2D eigenvalue weighted by Gasteiger charge is 2.49. The second-order valence-electron chi connectivity index (χ2n) is 11.6. The molecule has 4 saturated heterocycles. The summed E-state index contributed by atoms with van der Waals surface area (Å²) in [6.07, 6.45) is 7.62. The minimum atomic E-state index is -0.0327. The quantitative estimate of drug-likeness (QED) is 0.632. The summed E-state index contributed by atoms with van der Waals surface area (Å²) in [4.78, 5) is 39.4. The highest BCUT2D eigenvalue weighted by atomic mass is 16.5. The van der Waals surface area contributed by atoms with E-state index in [1.807, 2.05) is 25.7 Å². The molecule has 0 radical (unpaired) electrons. The van der Waals surface area contributed by atoms with E-state index in [0.717, 1.165) is 64.8 Å². The van der Waals surface area contributed by atoms with Crippen molar-refractivity contribution in [2.75, 3.05) is 52.4 Å². The molecule has 0 saturated carbocycles. The van der Waals surface area contributed by atoms with Crippen molar-refractivity contribution in [1.29, 1.82) is 0 Å². The molecule has 0 aliphatic carbocycles. The van der Waals surface area contributed by atoms with Gasteiger partial charge in [0, 0.05) is 44.7 Å². The smallest absolute Gasteiger partial charge is 0.244 e. The molecule has 5 rings (SSSR count). The summed E-state index contributed by atoms with van der Waals surface area (Å²) in [5.41, 5.74) is 0.0871. The maximum atomic E-state index is 13.4. The summed E-state index contributed by atoms with van der Waals surface area (Å²) < 4.78 is 5.60. The molecule has 0 N–H and O–H groups in total. The van der Waals surface area contributed by atoms with Crippen LogP contribution in [0.3, 0.4) is 0 Å². The number of carbonyl (C=O) groups is 2. The van der Waals surface area contributed by atoms with Crippen LogP contribution < -0.4 is 0 Å². The molecule has 0 bridgehead atoms. The first-order chi connectivity index (χ1) is 16.8. The summed E-state index contributed by atoms with van der Waals surface area (Å²) in [6, 6.07) is 0.610. The van der Waals surface area contributed by atoms with Crippen molar-refractivity contribution >= 4 is 11.8 Å². The van der Waals surface area contributed by atoms with Crippen molar-refractivity contribution in [3.63, 3.8) is 0 Å². The van der Waals surface area contributed by atoms with E-state index in [1.165, 1.54) is 25.9 Å². The molecule has 4 aliphatic heterocycles. The average molecular weight is 487 g/mol. The lowest BCUT2D eigenvalue weighted by Crippen LogP contribution is -2.49. The summed E-state index contributed by atoms with van der Waals surface area (Å²) in [6.45, 7) is 12.8. The normalized spacial score (nSPS) is 26.3. The zero-order valence-electron chi connectivity index (χ0n) is 21.7. The second-order valence-corrected chi connectivity index (χ2v) is 11.6. The molecule has 0 aromatic carbocycles. The molecule has 1 aromatic heterocycles. The number of amides is 2. The first-order valence-electron chi connectivity index (χ1n) is 13.7. The van der Waals surface area contributed by atoms with Crippen LogP contribution in [-0.2, 0) is 9.59 Å². The Morgan fingerprint density at radius 1 is 1.03 bits per heavy atom. The van der Waals surface area contributed by atoms with E-state index in [2.05, 4.69) is 24.8 Å². The molecule has 35 heavy (non-hydrogen) atoms. The van der Waals surface area contributed by atoms with Crippen LogP contribution in [0.5, 0.6) is 0 Å². The number of likely N-dealkylation sites (tertiary alicyclic amines) is 4. The zero-order chi connectivity index (χ0) is 24.6. The molecule has 9 heteroatoms. The van der Waals surface area contributed by atoms with Crippen molar-refractivity contribution < 1.29 is 14.1 Å². The van der Waals surface area contributed by atoms with Crippen LogP contribution in [-0.4, -0.2) is 100.0 Å². The molecule has 1 unspecified atom stereocenters. The van der Waals surface area contributed by atoms with Gasteiger partial charge in [0.25, 0.3) is 0 Å². The Balaban J connectivity index is 1.23. The van der Waals surface area contributed by atoms with Crippen LogP contribution in [0.1, 0.15) is 76.6 Å². The molecular weight excluding hydrogens is 444 g/mol. The van der Waals surface area contributed by atoms with Gasteiger partial charge < -0.3 is 19.2 Å². The van der Waals surface area contributed by atoms with Crippen LogP contribution in [0, 0.1) is 18.3 Å². The summed E-state index contributed by atoms with van der Waals surface area (Å²) in [7, 11) is 0. The van der Waals surface area contributed by atoms with Gasteiger partial charge in [-0.3, -0.25) is 14.5 Å². The second kappa shape index (κ2) is 10.2. The molecule has 4 aliphatic rings. The fraction of sp³-hybridized carbons (Fsp3) is 0.846. The zero-order valence-corrected chi connectivity index (χ0v) is 21.7. The van der Waals surface area contributed by atoms with E-state index in [-0.39, 0.29) is 29.2 Å². The predicted molar refractivity (Wildman–Crippen MR) is 131 cm³/mol. The summed E-state index contributed by atoms with van der Waals surface area (Å²) in [5.74, 6) is 1.75. The van der Waals surface area contributed by atoms with Crippen molar-refractivity contribution in [2.24, 2.45) is 11.3 Å². The Bertz CT molecular complexity index is 895. The monoisotopic (exact) mass is 486 g/mol. The number of carbonyl (C=O) groups excluding carboxylic acids is 2. The van der Waals surface area contributed by atoms with Crippen LogP contribution >= 0.6 is 0 Å². The van der Waals surface area contributed by atoms with Gasteiger partial charge in [-0.25, -0.2) is 0 Å². The van der Waals surface area contributed by atoms with Crippen LogP contribution in [0.15, 0.2) is 4.52 Å². The fourth-order valence-corrected chi connectivity index (χ4v) is 6.79. The lowest BCUT2D eigenvalue weighted by Gasteiger charge is -2.40. The highest BCUT2D eigenvalue weighted by Crippen LogP contribution is 2.48. The first-order valence-corrected chi connectivity index (χ1v) is 13.7. The molecule has 1 spiro atoms. The lowest BCUT2D eigenvalue weighted by atomic mass is 9.76. The van der Waals surface area contributed by atoms with E-state index in [1.54, 1.807) is 0 Å². The summed E-state index contributed by atoms with van der Waals surface area (Å²) >= 11 is 0. The van der Waals surface area contributed by atoms with Gasteiger partial charge in [0.05, 0.1) is 12.6 Å². The van der Waals surface area contributed by atoms with E-state index in [9.17, 15) is 9.59 Å². The van der Waals surface area contributed by atoms with E-state index in [0.29, 0.717) is 24.3 Å². The number of hydrogen-bond acceptors (Lipinski definition) is 7. The van der Waals surface area contributed by atoms with E-state index in [4.69, 9.17) is 4.52 Å². The van der Waals surface area contributed by atoms with Crippen molar-refractivity contribution in [3.8, 4) is 0 Å². The molecule has 1 atom stereocenters. The topological polar surface area (TPSA) is 86.0 Å². The van der Waals surface area contributed by atoms with Gasteiger partial charge in [-0.1, -0.05) is 19.0 Å². The molecule has 9 nitrogen and oxygen atoms in total. The van der Waals surface area contributed by atoms with Gasteiger partial charge in [-0.2, -0.15) is 4.98 Å².